The average molecular weight is 236 g/mol. The van der Waals surface area contributed by atoms with Gasteiger partial charge >= 0.3 is 5.97 Å². The largest absolute Gasteiger partial charge is 0.480 e. The van der Waals surface area contributed by atoms with Crippen LogP contribution in [0.25, 0.3) is 0 Å². The third-order valence-electron chi connectivity index (χ3n) is 2.43. The molecule has 3 N–H and O–H groups in total. The molecule has 0 heterocycles. The van der Waals surface area contributed by atoms with Gasteiger partial charge < -0.3 is 15.7 Å². The van der Waals surface area contributed by atoms with E-state index in [1.165, 1.54) is 4.90 Å². The van der Waals surface area contributed by atoms with Crippen molar-refractivity contribution in [3.8, 4) is 0 Å². The molecular formula is C12H16N2O3. The van der Waals surface area contributed by atoms with Crippen molar-refractivity contribution in [2.75, 3.05) is 13.1 Å². The highest BCUT2D eigenvalue weighted by molar-refractivity contribution is 5.95. The van der Waals surface area contributed by atoms with Gasteiger partial charge in [-0.3, -0.25) is 9.59 Å². The number of carbonyl (C=O) groups is 2. The Kier molecular flexibility index (Phi) is 4.66. The molecule has 0 atom stereocenters. The lowest BCUT2D eigenvalue weighted by molar-refractivity contribution is -0.137. The molecule has 0 aliphatic heterocycles. The number of hydrogen-bond acceptors (Lipinski definition) is 3. The minimum Gasteiger partial charge on any atom is -0.480 e. The van der Waals surface area contributed by atoms with Crippen molar-refractivity contribution in [1.29, 1.82) is 0 Å². The van der Waals surface area contributed by atoms with Gasteiger partial charge in [-0.25, -0.2) is 0 Å². The molecule has 92 valence electrons. The lowest BCUT2D eigenvalue weighted by Gasteiger charge is -2.18. The van der Waals surface area contributed by atoms with E-state index < -0.39 is 5.97 Å². The number of rotatable bonds is 5. The lowest BCUT2D eigenvalue weighted by atomic mass is 10.1. The molecule has 5 heteroatoms. The zero-order chi connectivity index (χ0) is 12.8. The van der Waals surface area contributed by atoms with Gasteiger partial charge in [-0.15, -0.1) is 0 Å². The van der Waals surface area contributed by atoms with Crippen LogP contribution in [0.5, 0.6) is 0 Å². The summed E-state index contributed by atoms with van der Waals surface area (Å²) in [6.07, 6.45) is 0. The van der Waals surface area contributed by atoms with E-state index in [-0.39, 0.29) is 12.5 Å². The standard InChI is InChI=1S/C12H16N2O3/c1-2-14(8-11(15)16)12(17)10-5-3-9(7-13)4-6-10/h3-6H,2,7-8,13H2,1H3,(H,15,16). The van der Waals surface area contributed by atoms with Gasteiger partial charge in [0.05, 0.1) is 0 Å². The summed E-state index contributed by atoms with van der Waals surface area (Å²) in [5, 5.41) is 8.68. The Labute approximate surface area is 99.8 Å². The molecule has 5 nitrogen and oxygen atoms in total. The first-order valence-corrected chi connectivity index (χ1v) is 5.38. The van der Waals surface area contributed by atoms with Gasteiger partial charge in [0.15, 0.2) is 0 Å². The highest BCUT2D eigenvalue weighted by Crippen LogP contribution is 2.07. The predicted octanol–water partition coefficient (Wildman–Crippen LogP) is 0.692. The molecule has 0 unspecified atom stereocenters. The molecule has 1 rings (SSSR count). The van der Waals surface area contributed by atoms with E-state index in [1.807, 2.05) is 0 Å². The fourth-order valence-electron chi connectivity index (χ4n) is 1.46. The maximum atomic E-state index is 11.9. The number of aliphatic carboxylic acids is 1. The Morgan fingerprint density at radius 2 is 1.88 bits per heavy atom. The maximum absolute atomic E-state index is 11.9. The van der Waals surface area contributed by atoms with Gasteiger partial charge in [-0.05, 0) is 24.6 Å². The number of nitrogens with two attached hydrogens (primary N) is 1. The van der Waals surface area contributed by atoms with Gasteiger partial charge in [-0.1, -0.05) is 12.1 Å². The van der Waals surface area contributed by atoms with Crippen molar-refractivity contribution < 1.29 is 14.7 Å². The van der Waals surface area contributed by atoms with Crippen LogP contribution in [0.3, 0.4) is 0 Å². The molecule has 0 bridgehead atoms. The Hall–Kier alpha value is -1.88. The first-order chi connectivity index (χ1) is 8.08. The number of nitrogens with zero attached hydrogens (tertiary/aromatic N) is 1. The Bertz CT molecular complexity index is 401. The van der Waals surface area contributed by atoms with E-state index in [1.54, 1.807) is 31.2 Å². The van der Waals surface area contributed by atoms with Crippen molar-refractivity contribution in [1.82, 2.24) is 4.90 Å². The van der Waals surface area contributed by atoms with Gasteiger partial charge in [0.25, 0.3) is 5.91 Å². The smallest absolute Gasteiger partial charge is 0.323 e. The van der Waals surface area contributed by atoms with Crippen LogP contribution in [0.1, 0.15) is 22.8 Å². The number of carbonyl (C=O) groups excluding carboxylic acids is 1. The summed E-state index contributed by atoms with van der Waals surface area (Å²) in [7, 11) is 0. The molecule has 0 aliphatic rings. The van der Waals surface area contributed by atoms with Crippen LogP contribution in [0.2, 0.25) is 0 Å². The van der Waals surface area contributed by atoms with E-state index in [0.717, 1.165) is 5.56 Å². The second-order valence-electron chi connectivity index (χ2n) is 3.61. The first kappa shape index (κ1) is 13.2. The second-order valence-corrected chi connectivity index (χ2v) is 3.61. The quantitative estimate of drug-likeness (QED) is 0.788. The number of likely N-dealkylation sites (N-methyl/N-ethyl adjacent to an activating group) is 1. The highest BCUT2D eigenvalue weighted by atomic mass is 16.4. The number of carboxylic acids is 1. The summed E-state index contributed by atoms with van der Waals surface area (Å²) in [4.78, 5) is 23.8. The van der Waals surface area contributed by atoms with Crippen LogP contribution in [0, 0.1) is 0 Å². The van der Waals surface area contributed by atoms with Crippen LogP contribution < -0.4 is 5.73 Å². The van der Waals surface area contributed by atoms with Crippen LogP contribution in [0.15, 0.2) is 24.3 Å². The van der Waals surface area contributed by atoms with Crippen LogP contribution in [-0.2, 0) is 11.3 Å². The Morgan fingerprint density at radius 3 is 2.29 bits per heavy atom. The fourth-order valence-corrected chi connectivity index (χ4v) is 1.46. The third kappa shape index (κ3) is 3.57. The molecule has 1 aromatic carbocycles. The van der Waals surface area contributed by atoms with E-state index >= 15 is 0 Å². The first-order valence-electron chi connectivity index (χ1n) is 5.38. The molecule has 0 radical (unpaired) electrons. The summed E-state index contributed by atoms with van der Waals surface area (Å²) in [6.45, 7) is 2.24. The van der Waals surface area contributed by atoms with Crippen LogP contribution in [0.4, 0.5) is 0 Å². The van der Waals surface area contributed by atoms with Crippen molar-refractivity contribution in [3.63, 3.8) is 0 Å². The van der Waals surface area contributed by atoms with E-state index in [0.29, 0.717) is 18.7 Å². The van der Waals surface area contributed by atoms with Gasteiger partial charge in [0, 0.05) is 18.7 Å². The summed E-state index contributed by atoms with van der Waals surface area (Å²) in [6, 6.07) is 6.85. The molecular weight excluding hydrogens is 220 g/mol. The van der Waals surface area contributed by atoms with Gasteiger partial charge in [0.2, 0.25) is 0 Å². The molecule has 17 heavy (non-hydrogen) atoms. The SMILES string of the molecule is CCN(CC(=O)O)C(=O)c1ccc(CN)cc1. The molecule has 1 aromatic rings. The van der Waals surface area contributed by atoms with E-state index in [2.05, 4.69) is 0 Å². The van der Waals surface area contributed by atoms with Crippen molar-refractivity contribution in [3.05, 3.63) is 35.4 Å². The molecule has 0 aliphatic carbocycles. The maximum Gasteiger partial charge on any atom is 0.323 e. The minimum atomic E-state index is -1.02. The predicted molar refractivity (Wildman–Crippen MR) is 63.5 cm³/mol. The van der Waals surface area contributed by atoms with Crippen molar-refractivity contribution >= 4 is 11.9 Å². The van der Waals surface area contributed by atoms with Gasteiger partial charge in [0.1, 0.15) is 6.54 Å². The molecule has 0 saturated heterocycles. The summed E-state index contributed by atoms with van der Waals surface area (Å²) >= 11 is 0. The third-order valence-corrected chi connectivity index (χ3v) is 2.43. The summed E-state index contributed by atoms with van der Waals surface area (Å²) in [5.41, 5.74) is 6.87. The highest BCUT2D eigenvalue weighted by Gasteiger charge is 2.16. The summed E-state index contributed by atoms with van der Waals surface area (Å²) < 4.78 is 0. The Balaban J connectivity index is 2.82. The zero-order valence-electron chi connectivity index (χ0n) is 9.72. The molecule has 0 aromatic heterocycles. The van der Waals surface area contributed by atoms with E-state index in [4.69, 9.17) is 10.8 Å². The zero-order valence-corrected chi connectivity index (χ0v) is 9.72. The minimum absolute atomic E-state index is 0.279. The lowest BCUT2D eigenvalue weighted by Crippen LogP contribution is -2.35. The summed E-state index contributed by atoms with van der Waals surface area (Å²) in [5.74, 6) is -1.29. The van der Waals surface area contributed by atoms with Crippen LogP contribution in [-0.4, -0.2) is 35.0 Å². The molecule has 0 saturated carbocycles. The second kappa shape index (κ2) is 6.00. The number of carboxylic acid groups (broad SMARTS) is 1. The normalized spacial score (nSPS) is 10.0. The van der Waals surface area contributed by atoms with Crippen molar-refractivity contribution in [2.45, 2.75) is 13.5 Å². The molecule has 0 fully saturated rings. The van der Waals surface area contributed by atoms with Crippen molar-refractivity contribution in [2.24, 2.45) is 5.73 Å². The monoisotopic (exact) mass is 236 g/mol. The molecule has 1 amide bonds. The topological polar surface area (TPSA) is 83.6 Å². The number of benzene rings is 1. The molecule has 0 spiro atoms. The Morgan fingerprint density at radius 1 is 1.29 bits per heavy atom. The van der Waals surface area contributed by atoms with Crippen LogP contribution >= 0.6 is 0 Å². The fraction of sp³-hybridized carbons (Fsp3) is 0.333. The number of hydrogen-bond donors (Lipinski definition) is 2. The van der Waals surface area contributed by atoms with Gasteiger partial charge in [-0.2, -0.15) is 0 Å². The average Bonchev–Trinajstić information content (AvgIpc) is 2.35. The number of amides is 1. The van der Waals surface area contributed by atoms with E-state index in [9.17, 15) is 9.59 Å².